The van der Waals surface area contributed by atoms with Gasteiger partial charge in [0.1, 0.15) is 23.5 Å². The van der Waals surface area contributed by atoms with Gasteiger partial charge in [0.2, 0.25) is 0 Å². The van der Waals surface area contributed by atoms with E-state index in [-0.39, 0.29) is 16.5 Å². The van der Waals surface area contributed by atoms with Gasteiger partial charge >= 0.3 is 0 Å². The molecule has 1 aliphatic heterocycles. The van der Waals surface area contributed by atoms with Crippen LogP contribution < -0.4 is 5.32 Å². The summed E-state index contributed by atoms with van der Waals surface area (Å²) in [5.74, 6) is 8.11. The van der Waals surface area contributed by atoms with Crippen LogP contribution in [0.15, 0.2) is 36.7 Å². The van der Waals surface area contributed by atoms with Crippen LogP contribution in [0.1, 0.15) is 5.56 Å². The highest BCUT2D eigenvalue weighted by Crippen LogP contribution is 2.50. The fraction of sp³-hybridized carbons (Fsp3) is 0.273. The molecule has 9 heteroatoms. The van der Waals surface area contributed by atoms with Crippen molar-refractivity contribution < 1.29 is 10.0 Å². The number of hydrogen-bond acceptors (Lipinski definition) is 7. The van der Waals surface area contributed by atoms with E-state index < -0.39 is 4.92 Å². The molecule has 1 unspecified atom stereocenters. The van der Waals surface area contributed by atoms with E-state index >= 15 is 0 Å². The Balaban J connectivity index is 1.50. The number of aromatic nitrogens is 2. The highest BCUT2D eigenvalue weighted by Gasteiger charge is 2.54. The molecule has 3 aromatic rings. The molecule has 2 N–H and O–H groups in total. The number of halogens is 1. The number of anilines is 2. The molecule has 3 atom stereocenters. The van der Waals surface area contributed by atoms with E-state index in [1.165, 1.54) is 18.5 Å². The third-order valence-corrected chi connectivity index (χ3v) is 6.21. The molecule has 1 saturated carbocycles. The van der Waals surface area contributed by atoms with Gasteiger partial charge in [0.25, 0.3) is 5.69 Å². The lowest BCUT2D eigenvalue weighted by Crippen LogP contribution is -2.18. The number of nitro groups is 1. The summed E-state index contributed by atoms with van der Waals surface area (Å²) in [5.41, 5.74) is 1.41. The predicted molar refractivity (Wildman–Crippen MR) is 117 cm³/mol. The van der Waals surface area contributed by atoms with Crippen molar-refractivity contribution in [2.75, 3.05) is 25.5 Å². The number of nitro benzene ring substituents is 1. The molecule has 2 fully saturated rings. The van der Waals surface area contributed by atoms with Crippen LogP contribution in [0.2, 0.25) is 5.02 Å². The quantitative estimate of drug-likeness (QED) is 0.279. The predicted octanol–water partition coefficient (Wildman–Crippen LogP) is 3.80. The first-order valence-corrected chi connectivity index (χ1v) is 10.2. The Labute approximate surface area is 183 Å². The number of rotatable bonds is 3. The van der Waals surface area contributed by atoms with Gasteiger partial charge in [-0.2, -0.15) is 0 Å². The highest BCUT2D eigenvalue weighted by atomic mass is 35.5. The standard InChI is InChI=1S/C22H18ClN5O3/c1-27-9-16-14(17(16)10-27)4-2-12-6-19-15(8-20(12)28(30)31)22(25-11-24-19)26-13-3-5-21(29)18(23)7-13/h3,5-8,11,14,16-17,29H,9-10H2,1H3,(H,24,25,26)/t14?,16-,17+. The van der Waals surface area contributed by atoms with Crippen LogP contribution in [-0.4, -0.2) is 45.0 Å². The van der Waals surface area contributed by atoms with Gasteiger partial charge in [0.05, 0.1) is 15.5 Å². The van der Waals surface area contributed by atoms with Crippen LogP contribution in [0.4, 0.5) is 17.2 Å². The van der Waals surface area contributed by atoms with Crippen LogP contribution in [0.5, 0.6) is 5.75 Å². The number of phenolic OH excluding ortho intramolecular Hbond substituents is 1. The monoisotopic (exact) mass is 435 g/mol. The molecule has 2 heterocycles. The van der Waals surface area contributed by atoms with Crippen molar-refractivity contribution in [1.29, 1.82) is 0 Å². The van der Waals surface area contributed by atoms with Crippen molar-refractivity contribution in [1.82, 2.24) is 14.9 Å². The summed E-state index contributed by atoms with van der Waals surface area (Å²) in [4.78, 5) is 22.1. The molecule has 2 aromatic carbocycles. The van der Waals surface area contributed by atoms with E-state index in [1.54, 1.807) is 18.2 Å². The Kier molecular flexibility index (Phi) is 4.65. The summed E-state index contributed by atoms with van der Waals surface area (Å²) in [6.45, 7) is 2.07. The Hall–Kier alpha value is -3.41. The lowest BCUT2D eigenvalue weighted by molar-refractivity contribution is -0.385. The Morgan fingerprint density at radius 1 is 1.26 bits per heavy atom. The SMILES string of the molecule is CN1C[C@@H]2C(C#Cc3cc4ncnc(Nc5ccc(O)c(Cl)c5)c4cc3[N+](=O)[O-])[C@@H]2C1. The molecule has 1 aromatic heterocycles. The maximum absolute atomic E-state index is 11.7. The summed E-state index contributed by atoms with van der Waals surface area (Å²) in [7, 11) is 2.10. The number of phenols is 1. The first-order chi connectivity index (χ1) is 14.9. The number of fused-ring (bicyclic) bond motifs is 2. The fourth-order valence-corrected chi connectivity index (χ4v) is 4.46. The molecule has 1 saturated heterocycles. The van der Waals surface area contributed by atoms with Gasteiger partial charge in [-0.3, -0.25) is 10.1 Å². The van der Waals surface area contributed by atoms with E-state index in [0.717, 1.165) is 13.1 Å². The molecular weight excluding hydrogens is 418 g/mol. The van der Waals surface area contributed by atoms with Gasteiger partial charge in [0, 0.05) is 36.1 Å². The second-order valence-electron chi connectivity index (χ2n) is 8.00. The van der Waals surface area contributed by atoms with Crippen molar-refractivity contribution in [2.45, 2.75) is 0 Å². The zero-order valence-electron chi connectivity index (χ0n) is 16.5. The van der Waals surface area contributed by atoms with Gasteiger partial charge in [-0.15, -0.1) is 0 Å². The summed E-state index contributed by atoms with van der Waals surface area (Å²) in [6, 6.07) is 7.72. The number of piperidine rings is 1. The lowest BCUT2D eigenvalue weighted by Gasteiger charge is -2.10. The molecule has 5 rings (SSSR count). The molecule has 0 radical (unpaired) electrons. The van der Waals surface area contributed by atoms with Crippen molar-refractivity contribution in [3.63, 3.8) is 0 Å². The van der Waals surface area contributed by atoms with Gasteiger partial charge in [-0.05, 0) is 43.1 Å². The smallest absolute Gasteiger partial charge is 0.285 e. The van der Waals surface area contributed by atoms with Crippen molar-refractivity contribution in [3.05, 3.63) is 57.4 Å². The maximum Gasteiger partial charge on any atom is 0.285 e. The first kappa shape index (κ1) is 19.5. The third kappa shape index (κ3) is 3.63. The number of aromatic hydroxyl groups is 1. The summed E-state index contributed by atoms with van der Waals surface area (Å²) < 4.78 is 0. The van der Waals surface area contributed by atoms with E-state index in [1.807, 2.05) is 0 Å². The average molecular weight is 436 g/mol. The summed E-state index contributed by atoms with van der Waals surface area (Å²) in [5, 5.41) is 25.1. The zero-order chi connectivity index (χ0) is 21.7. The minimum Gasteiger partial charge on any atom is -0.506 e. The summed E-state index contributed by atoms with van der Waals surface area (Å²) >= 11 is 5.96. The van der Waals surface area contributed by atoms with E-state index in [0.29, 0.717) is 45.7 Å². The van der Waals surface area contributed by atoms with Crippen molar-refractivity contribution in [3.8, 4) is 17.6 Å². The topological polar surface area (TPSA) is 104 Å². The Bertz CT molecular complexity index is 1270. The van der Waals surface area contributed by atoms with Gasteiger partial charge in [0.15, 0.2) is 0 Å². The average Bonchev–Trinajstić information content (AvgIpc) is 3.20. The van der Waals surface area contributed by atoms with E-state index in [9.17, 15) is 15.2 Å². The second kappa shape index (κ2) is 7.38. The van der Waals surface area contributed by atoms with Gasteiger partial charge in [-0.1, -0.05) is 23.4 Å². The second-order valence-corrected chi connectivity index (χ2v) is 8.41. The molecule has 156 valence electrons. The number of benzene rings is 2. The van der Waals surface area contributed by atoms with Crippen molar-refractivity contribution >= 4 is 39.7 Å². The van der Waals surface area contributed by atoms with Gasteiger partial charge in [-0.25, -0.2) is 9.97 Å². The molecule has 31 heavy (non-hydrogen) atoms. The molecule has 0 amide bonds. The Morgan fingerprint density at radius 2 is 2.03 bits per heavy atom. The first-order valence-electron chi connectivity index (χ1n) is 9.79. The van der Waals surface area contributed by atoms with E-state index in [2.05, 4.69) is 39.1 Å². The molecule has 1 aliphatic carbocycles. The molecule has 0 spiro atoms. The van der Waals surface area contributed by atoms with Crippen LogP contribution in [0.3, 0.4) is 0 Å². The van der Waals surface area contributed by atoms with E-state index in [4.69, 9.17) is 11.6 Å². The number of hydrogen-bond donors (Lipinski definition) is 2. The highest BCUT2D eigenvalue weighted by molar-refractivity contribution is 6.32. The minimum absolute atomic E-state index is 0.0370. The van der Waals surface area contributed by atoms with Crippen LogP contribution in [0, 0.1) is 39.7 Å². The van der Waals surface area contributed by atoms with Crippen LogP contribution >= 0.6 is 11.6 Å². The number of nitrogens with zero attached hydrogens (tertiary/aromatic N) is 4. The van der Waals surface area contributed by atoms with Crippen LogP contribution in [-0.2, 0) is 0 Å². The maximum atomic E-state index is 11.7. The minimum atomic E-state index is -0.431. The number of likely N-dealkylation sites (tertiary alicyclic amines) is 1. The molecular formula is C22H18ClN5O3. The largest absolute Gasteiger partial charge is 0.506 e. The summed E-state index contributed by atoms with van der Waals surface area (Å²) in [6.07, 6.45) is 1.39. The lowest BCUT2D eigenvalue weighted by atomic mass is 10.1. The normalized spacial score (nSPS) is 21.9. The fourth-order valence-electron chi connectivity index (χ4n) is 4.28. The Morgan fingerprint density at radius 3 is 2.74 bits per heavy atom. The molecule has 0 bridgehead atoms. The van der Waals surface area contributed by atoms with Crippen LogP contribution in [0.25, 0.3) is 10.9 Å². The third-order valence-electron chi connectivity index (χ3n) is 5.91. The number of nitrogens with one attached hydrogen (secondary N) is 1. The zero-order valence-corrected chi connectivity index (χ0v) is 17.3. The van der Waals surface area contributed by atoms with Crippen molar-refractivity contribution in [2.24, 2.45) is 17.8 Å². The van der Waals surface area contributed by atoms with Gasteiger partial charge < -0.3 is 15.3 Å². The molecule has 8 nitrogen and oxygen atoms in total. The molecule has 2 aliphatic rings.